The molecule has 1 atom stereocenters. The summed E-state index contributed by atoms with van der Waals surface area (Å²) in [5.74, 6) is 0.236. The number of benzene rings is 2. The molecule has 5 nitrogen and oxygen atoms in total. The molecule has 0 radical (unpaired) electrons. The van der Waals surface area contributed by atoms with Crippen LogP contribution >= 0.6 is 11.8 Å². The quantitative estimate of drug-likeness (QED) is 0.832. The van der Waals surface area contributed by atoms with Crippen molar-refractivity contribution in [3.05, 3.63) is 59.7 Å². The molecular weight excluding hydrogens is 393 g/mol. The lowest BCUT2D eigenvalue weighted by atomic mass is 10.1. The monoisotopic (exact) mass is 410 g/mol. The molecule has 1 aliphatic rings. The summed E-state index contributed by atoms with van der Waals surface area (Å²) in [7, 11) is 1.53. The molecule has 2 amide bonds. The van der Waals surface area contributed by atoms with Crippen LogP contribution in [0.4, 0.5) is 18.9 Å². The highest BCUT2D eigenvalue weighted by atomic mass is 32.2. The van der Waals surface area contributed by atoms with Crippen molar-refractivity contribution in [1.82, 2.24) is 4.90 Å². The Labute approximate surface area is 163 Å². The van der Waals surface area contributed by atoms with Gasteiger partial charge in [0.15, 0.2) is 0 Å². The van der Waals surface area contributed by atoms with E-state index < -0.39 is 29.6 Å². The summed E-state index contributed by atoms with van der Waals surface area (Å²) >= 11 is 1.37. The minimum atomic E-state index is -4.54. The number of halogens is 3. The fourth-order valence-corrected chi connectivity index (χ4v) is 3.91. The van der Waals surface area contributed by atoms with Gasteiger partial charge in [0.1, 0.15) is 11.8 Å². The average molecular weight is 410 g/mol. The molecule has 0 saturated carbocycles. The van der Waals surface area contributed by atoms with E-state index in [0.29, 0.717) is 17.2 Å². The van der Waals surface area contributed by atoms with Crippen molar-refractivity contribution in [2.45, 2.75) is 12.2 Å². The lowest BCUT2D eigenvalue weighted by Crippen LogP contribution is -2.44. The average Bonchev–Trinajstić information content (AvgIpc) is 3.17. The molecular formula is C19H17F3N2O3S. The fraction of sp³-hybridized carbons (Fsp3) is 0.263. The third-order valence-corrected chi connectivity index (χ3v) is 5.25. The van der Waals surface area contributed by atoms with Crippen molar-refractivity contribution in [2.75, 3.05) is 24.1 Å². The van der Waals surface area contributed by atoms with E-state index in [1.54, 1.807) is 24.3 Å². The van der Waals surface area contributed by atoms with Crippen molar-refractivity contribution in [3.63, 3.8) is 0 Å². The zero-order valence-corrected chi connectivity index (χ0v) is 15.6. The molecule has 0 aromatic heterocycles. The van der Waals surface area contributed by atoms with Gasteiger partial charge < -0.3 is 15.0 Å². The smallest absolute Gasteiger partial charge is 0.416 e. The first-order valence-electron chi connectivity index (χ1n) is 8.30. The van der Waals surface area contributed by atoms with Gasteiger partial charge in [0.2, 0.25) is 5.91 Å². The van der Waals surface area contributed by atoms with Crippen molar-refractivity contribution in [1.29, 1.82) is 0 Å². The first-order valence-corrected chi connectivity index (χ1v) is 9.46. The maximum atomic E-state index is 12.9. The Morgan fingerprint density at radius 3 is 2.54 bits per heavy atom. The van der Waals surface area contributed by atoms with Crippen LogP contribution in [0.15, 0.2) is 48.5 Å². The molecule has 2 aromatic carbocycles. The number of hydrogen-bond donors (Lipinski definition) is 1. The summed E-state index contributed by atoms with van der Waals surface area (Å²) in [4.78, 5) is 26.6. The van der Waals surface area contributed by atoms with Crippen LogP contribution < -0.4 is 10.1 Å². The predicted molar refractivity (Wildman–Crippen MR) is 100 cm³/mol. The number of alkyl halides is 3. The van der Waals surface area contributed by atoms with Crippen LogP contribution in [0.3, 0.4) is 0 Å². The number of nitrogens with one attached hydrogen (secondary N) is 1. The molecule has 0 aliphatic carbocycles. The maximum Gasteiger partial charge on any atom is 0.416 e. The van der Waals surface area contributed by atoms with Gasteiger partial charge in [0.25, 0.3) is 5.91 Å². The lowest BCUT2D eigenvalue weighted by Gasteiger charge is -2.23. The summed E-state index contributed by atoms with van der Waals surface area (Å²) < 4.78 is 43.8. The molecule has 1 saturated heterocycles. The summed E-state index contributed by atoms with van der Waals surface area (Å²) in [6.07, 6.45) is -4.54. The molecule has 28 heavy (non-hydrogen) atoms. The molecule has 1 fully saturated rings. The predicted octanol–water partition coefficient (Wildman–Crippen LogP) is 3.87. The highest BCUT2D eigenvalue weighted by Crippen LogP contribution is 2.31. The number of carbonyl (C=O) groups excluding carboxylic acids is 2. The van der Waals surface area contributed by atoms with E-state index in [1.165, 1.54) is 35.9 Å². The molecule has 1 N–H and O–H groups in total. The van der Waals surface area contributed by atoms with Crippen LogP contribution in [-0.2, 0) is 11.0 Å². The van der Waals surface area contributed by atoms with E-state index >= 15 is 0 Å². The van der Waals surface area contributed by atoms with Gasteiger partial charge in [0, 0.05) is 17.0 Å². The number of methoxy groups -OCH3 is 1. The van der Waals surface area contributed by atoms with E-state index in [4.69, 9.17) is 4.74 Å². The second-order valence-corrected chi connectivity index (χ2v) is 7.09. The molecule has 0 spiro atoms. The third kappa shape index (κ3) is 4.41. The van der Waals surface area contributed by atoms with Crippen LogP contribution in [0.2, 0.25) is 0 Å². The molecule has 1 unspecified atom stereocenters. The Hall–Kier alpha value is -2.68. The second-order valence-electron chi connectivity index (χ2n) is 6.09. The molecule has 9 heteroatoms. The molecule has 1 heterocycles. The second kappa shape index (κ2) is 8.14. The van der Waals surface area contributed by atoms with Crippen molar-refractivity contribution < 1.29 is 27.5 Å². The molecule has 0 bridgehead atoms. The van der Waals surface area contributed by atoms with Gasteiger partial charge in [-0.1, -0.05) is 6.07 Å². The van der Waals surface area contributed by atoms with Gasteiger partial charge in [-0.2, -0.15) is 13.2 Å². The summed E-state index contributed by atoms with van der Waals surface area (Å²) in [6, 6.07) is 10.1. The zero-order chi connectivity index (χ0) is 20.3. The highest BCUT2D eigenvalue weighted by Gasteiger charge is 2.36. The number of thioether (sulfide) groups is 1. The number of anilines is 1. The Bertz CT molecular complexity index is 871. The first kappa shape index (κ1) is 20.1. The SMILES string of the molecule is COc1ccc(NC(=O)C2CSCN2C(=O)c2cccc(C(F)(F)F)c2)cc1. The van der Waals surface area contributed by atoms with Gasteiger partial charge in [-0.3, -0.25) is 9.59 Å². The Balaban J connectivity index is 1.74. The van der Waals surface area contributed by atoms with Crippen molar-refractivity contribution in [3.8, 4) is 5.75 Å². The molecule has 1 aliphatic heterocycles. The lowest BCUT2D eigenvalue weighted by molar-refractivity contribution is -0.137. The zero-order valence-electron chi connectivity index (χ0n) is 14.8. The minimum Gasteiger partial charge on any atom is -0.497 e. The standard InChI is InChI=1S/C19H17F3N2O3S/c1-27-15-7-5-14(6-8-15)23-17(25)16-10-28-11-24(16)18(26)12-3-2-4-13(9-12)19(20,21)22/h2-9,16H,10-11H2,1H3,(H,23,25). The maximum absolute atomic E-state index is 12.9. The van der Waals surface area contributed by atoms with Crippen molar-refractivity contribution >= 4 is 29.3 Å². The Morgan fingerprint density at radius 1 is 1.18 bits per heavy atom. The van der Waals surface area contributed by atoms with Crippen LogP contribution in [0.5, 0.6) is 5.75 Å². The molecule has 3 rings (SSSR count). The number of nitrogens with zero attached hydrogens (tertiary/aromatic N) is 1. The van der Waals surface area contributed by atoms with Crippen molar-refractivity contribution in [2.24, 2.45) is 0 Å². The molecule has 148 valence electrons. The summed E-state index contributed by atoms with van der Waals surface area (Å²) in [5.41, 5.74) is -0.460. The van der Waals surface area contributed by atoms with Crippen LogP contribution in [-0.4, -0.2) is 41.5 Å². The topological polar surface area (TPSA) is 58.6 Å². The van der Waals surface area contributed by atoms with Crippen LogP contribution in [0.1, 0.15) is 15.9 Å². The van der Waals surface area contributed by atoms with Gasteiger partial charge in [-0.05, 0) is 42.5 Å². The van der Waals surface area contributed by atoms with Gasteiger partial charge >= 0.3 is 6.18 Å². The largest absolute Gasteiger partial charge is 0.497 e. The fourth-order valence-electron chi connectivity index (χ4n) is 2.75. The summed E-state index contributed by atoms with van der Waals surface area (Å²) in [5, 5.41) is 2.73. The Kier molecular flexibility index (Phi) is 5.83. The number of rotatable bonds is 4. The number of hydrogen-bond acceptors (Lipinski definition) is 4. The Morgan fingerprint density at radius 2 is 1.89 bits per heavy atom. The van der Waals surface area contributed by atoms with E-state index in [2.05, 4.69) is 5.32 Å². The van der Waals surface area contributed by atoms with E-state index in [0.717, 1.165) is 12.1 Å². The summed E-state index contributed by atoms with van der Waals surface area (Å²) in [6.45, 7) is 0. The normalized spacial score (nSPS) is 16.7. The van der Waals surface area contributed by atoms with Gasteiger partial charge in [0.05, 0.1) is 18.6 Å². The number of carbonyl (C=O) groups is 2. The van der Waals surface area contributed by atoms with E-state index in [9.17, 15) is 22.8 Å². The first-order chi connectivity index (χ1) is 13.3. The minimum absolute atomic E-state index is 0.0976. The number of amides is 2. The van der Waals surface area contributed by atoms with Crippen LogP contribution in [0, 0.1) is 0 Å². The number of ether oxygens (including phenoxy) is 1. The van der Waals surface area contributed by atoms with E-state index in [1.807, 2.05) is 0 Å². The molecule has 2 aromatic rings. The third-order valence-electron chi connectivity index (χ3n) is 4.24. The van der Waals surface area contributed by atoms with Gasteiger partial charge in [-0.25, -0.2) is 0 Å². The van der Waals surface area contributed by atoms with E-state index in [-0.39, 0.29) is 11.4 Å². The van der Waals surface area contributed by atoms with Crippen LogP contribution in [0.25, 0.3) is 0 Å². The van der Waals surface area contributed by atoms with Gasteiger partial charge in [-0.15, -0.1) is 11.8 Å². The highest BCUT2D eigenvalue weighted by molar-refractivity contribution is 7.99.